The molecule has 2 aromatic carbocycles. The molecular formula is C15H16FNO. The van der Waals surface area contributed by atoms with Crippen molar-refractivity contribution in [1.29, 1.82) is 0 Å². The van der Waals surface area contributed by atoms with Gasteiger partial charge in [0.1, 0.15) is 11.6 Å². The number of benzene rings is 2. The second-order valence-corrected chi connectivity index (χ2v) is 4.17. The fraction of sp³-hybridized carbons (Fsp3) is 0.200. The highest BCUT2D eigenvalue weighted by molar-refractivity contribution is 5.43. The van der Waals surface area contributed by atoms with E-state index in [9.17, 15) is 4.39 Å². The third-order valence-corrected chi connectivity index (χ3v) is 2.94. The van der Waals surface area contributed by atoms with Crippen LogP contribution in [0.4, 0.5) is 10.1 Å². The number of anilines is 1. The highest BCUT2D eigenvalue weighted by Crippen LogP contribution is 2.20. The molecule has 2 aromatic rings. The maximum Gasteiger partial charge on any atom is 0.146 e. The van der Waals surface area contributed by atoms with Gasteiger partial charge in [-0.25, -0.2) is 4.39 Å². The number of aryl methyl sites for hydroxylation is 2. The molecule has 0 fully saturated rings. The van der Waals surface area contributed by atoms with E-state index in [1.54, 1.807) is 19.2 Å². The number of halogens is 1. The van der Waals surface area contributed by atoms with Crippen molar-refractivity contribution in [2.45, 2.75) is 12.8 Å². The van der Waals surface area contributed by atoms with Crippen LogP contribution in [0.2, 0.25) is 0 Å². The summed E-state index contributed by atoms with van der Waals surface area (Å²) in [6.45, 7) is 0. The van der Waals surface area contributed by atoms with E-state index in [0.29, 0.717) is 0 Å². The quantitative estimate of drug-likeness (QED) is 0.839. The molecule has 0 aliphatic rings. The van der Waals surface area contributed by atoms with Gasteiger partial charge in [-0.3, -0.25) is 0 Å². The van der Waals surface area contributed by atoms with Crippen LogP contribution in [-0.4, -0.2) is 7.11 Å². The molecule has 0 saturated heterocycles. The average Bonchev–Trinajstić information content (AvgIpc) is 2.40. The molecule has 0 aromatic heterocycles. The fourth-order valence-corrected chi connectivity index (χ4v) is 1.94. The molecule has 0 aliphatic heterocycles. The summed E-state index contributed by atoms with van der Waals surface area (Å²) in [6.07, 6.45) is 1.65. The molecule has 3 heteroatoms. The van der Waals surface area contributed by atoms with Crippen molar-refractivity contribution in [2.75, 3.05) is 12.8 Å². The van der Waals surface area contributed by atoms with Gasteiger partial charge in [0.15, 0.2) is 0 Å². The average molecular weight is 245 g/mol. The fourth-order valence-electron chi connectivity index (χ4n) is 1.94. The van der Waals surface area contributed by atoms with E-state index < -0.39 is 0 Å². The first-order valence-electron chi connectivity index (χ1n) is 5.86. The Morgan fingerprint density at radius 2 is 1.89 bits per heavy atom. The van der Waals surface area contributed by atoms with Crippen molar-refractivity contribution >= 4 is 5.69 Å². The van der Waals surface area contributed by atoms with Crippen molar-refractivity contribution < 1.29 is 9.13 Å². The van der Waals surface area contributed by atoms with Crippen LogP contribution in [0, 0.1) is 5.82 Å². The standard InChI is InChI=1S/C15H16FNO/c1-18-15-5-3-2-4-12(15)8-6-11-7-9-13(16)14(17)10-11/h2-5,7,9-10H,6,8,17H2,1H3. The minimum absolute atomic E-state index is 0.201. The second-order valence-electron chi connectivity index (χ2n) is 4.17. The van der Waals surface area contributed by atoms with Crippen LogP contribution >= 0.6 is 0 Å². The molecule has 0 saturated carbocycles. The second kappa shape index (κ2) is 5.54. The van der Waals surface area contributed by atoms with E-state index in [1.165, 1.54) is 6.07 Å². The minimum atomic E-state index is -0.365. The highest BCUT2D eigenvalue weighted by atomic mass is 19.1. The van der Waals surface area contributed by atoms with Gasteiger partial charge in [0.05, 0.1) is 12.8 Å². The summed E-state index contributed by atoms with van der Waals surface area (Å²) in [6, 6.07) is 12.8. The summed E-state index contributed by atoms with van der Waals surface area (Å²) in [4.78, 5) is 0. The Kier molecular flexibility index (Phi) is 3.82. The molecule has 0 heterocycles. The third-order valence-electron chi connectivity index (χ3n) is 2.94. The maximum atomic E-state index is 13.0. The summed E-state index contributed by atoms with van der Waals surface area (Å²) < 4.78 is 18.3. The van der Waals surface area contributed by atoms with Gasteiger partial charge in [0.25, 0.3) is 0 Å². The number of hydrogen-bond donors (Lipinski definition) is 1. The maximum absolute atomic E-state index is 13.0. The Bertz CT molecular complexity index is 540. The Morgan fingerprint density at radius 3 is 2.61 bits per heavy atom. The largest absolute Gasteiger partial charge is 0.496 e. The summed E-state index contributed by atoms with van der Waals surface area (Å²) in [7, 11) is 1.66. The number of nitrogens with two attached hydrogens (primary N) is 1. The molecule has 0 bridgehead atoms. The van der Waals surface area contributed by atoms with Crippen LogP contribution in [0.25, 0.3) is 0 Å². The molecule has 2 N–H and O–H groups in total. The SMILES string of the molecule is COc1ccccc1CCc1ccc(F)c(N)c1. The smallest absolute Gasteiger partial charge is 0.146 e. The molecule has 0 atom stereocenters. The first-order chi connectivity index (χ1) is 8.70. The van der Waals surface area contributed by atoms with Crippen LogP contribution in [0.15, 0.2) is 42.5 Å². The molecular weight excluding hydrogens is 229 g/mol. The van der Waals surface area contributed by atoms with Gasteiger partial charge in [0, 0.05) is 0 Å². The van der Waals surface area contributed by atoms with Crippen LogP contribution in [0.3, 0.4) is 0 Å². The van der Waals surface area contributed by atoms with Crippen LogP contribution in [0.5, 0.6) is 5.75 Å². The third kappa shape index (κ3) is 2.80. The number of nitrogen functional groups attached to an aromatic ring is 1. The van der Waals surface area contributed by atoms with E-state index in [0.717, 1.165) is 29.7 Å². The Balaban J connectivity index is 2.09. The van der Waals surface area contributed by atoms with Gasteiger partial charge in [-0.2, -0.15) is 0 Å². The molecule has 94 valence electrons. The number of rotatable bonds is 4. The predicted octanol–water partition coefficient (Wildman–Crippen LogP) is 3.20. The van der Waals surface area contributed by atoms with Crippen LogP contribution in [-0.2, 0) is 12.8 Å². The number of para-hydroxylation sites is 1. The molecule has 0 radical (unpaired) electrons. The van der Waals surface area contributed by atoms with Crippen molar-refractivity contribution in [3.63, 3.8) is 0 Å². The van der Waals surface area contributed by atoms with E-state index in [-0.39, 0.29) is 11.5 Å². The normalized spacial score (nSPS) is 10.3. The van der Waals surface area contributed by atoms with Gasteiger partial charge in [-0.1, -0.05) is 24.3 Å². The lowest BCUT2D eigenvalue weighted by molar-refractivity contribution is 0.409. The molecule has 18 heavy (non-hydrogen) atoms. The van der Waals surface area contributed by atoms with Crippen LogP contribution < -0.4 is 10.5 Å². The predicted molar refractivity (Wildman–Crippen MR) is 71.2 cm³/mol. The first-order valence-corrected chi connectivity index (χ1v) is 5.86. The van der Waals surface area contributed by atoms with Crippen molar-refractivity contribution in [1.82, 2.24) is 0 Å². The molecule has 0 aliphatic carbocycles. The van der Waals surface area contributed by atoms with E-state index in [2.05, 4.69) is 0 Å². The topological polar surface area (TPSA) is 35.2 Å². The summed E-state index contributed by atoms with van der Waals surface area (Å²) in [5.41, 5.74) is 7.92. The Labute approximate surface area is 106 Å². The Hall–Kier alpha value is -2.03. The molecule has 0 unspecified atom stereocenters. The molecule has 0 amide bonds. The van der Waals surface area contributed by atoms with Gasteiger partial charge in [-0.05, 0) is 42.2 Å². The van der Waals surface area contributed by atoms with Gasteiger partial charge >= 0.3 is 0 Å². The van der Waals surface area contributed by atoms with Crippen molar-refractivity contribution in [3.05, 3.63) is 59.4 Å². The van der Waals surface area contributed by atoms with Gasteiger partial charge in [-0.15, -0.1) is 0 Å². The lowest BCUT2D eigenvalue weighted by atomic mass is 10.0. The zero-order valence-electron chi connectivity index (χ0n) is 10.3. The lowest BCUT2D eigenvalue weighted by Gasteiger charge is -2.08. The monoisotopic (exact) mass is 245 g/mol. The number of hydrogen-bond acceptors (Lipinski definition) is 2. The molecule has 2 rings (SSSR count). The van der Waals surface area contributed by atoms with Gasteiger partial charge in [0.2, 0.25) is 0 Å². The zero-order chi connectivity index (χ0) is 13.0. The van der Waals surface area contributed by atoms with Crippen LogP contribution in [0.1, 0.15) is 11.1 Å². The van der Waals surface area contributed by atoms with Crippen molar-refractivity contribution in [3.8, 4) is 5.75 Å². The highest BCUT2D eigenvalue weighted by Gasteiger charge is 2.04. The molecule has 2 nitrogen and oxygen atoms in total. The van der Waals surface area contributed by atoms with E-state index in [1.807, 2.05) is 24.3 Å². The number of methoxy groups -OCH3 is 1. The summed E-state index contributed by atoms with van der Waals surface area (Å²) in [5.74, 6) is 0.517. The lowest BCUT2D eigenvalue weighted by Crippen LogP contribution is -1.97. The van der Waals surface area contributed by atoms with Crippen molar-refractivity contribution in [2.24, 2.45) is 0 Å². The number of ether oxygens (including phenoxy) is 1. The summed E-state index contributed by atoms with van der Waals surface area (Å²) >= 11 is 0. The van der Waals surface area contributed by atoms with Gasteiger partial charge < -0.3 is 10.5 Å². The van der Waals surface area contributed by atoms with E-state index >= 15 is 0 Å². The summed E-state index contributed by atoms with van der Waals surface area (Å²) in [5, 5.41) is 0. The minimum Gasteiger partial charge on any atom is -0.496 e. The van der Waals surface area contributed by atoms with E-state index in [4.69, 9.17) is 10.5 Å². The first kappa shape index (κ1) is 12.4. The molecule has 0 spiro atoms. The zero-order valence-corrected chi connectivity index (χ0v) is 10.3. The Morgan fingerprint density at radius 1 is 1.11 bits per heavy atom.